The van der Waals surface area contributed by atoms with Crippen molar-refractivity contribution in [2.75, 3.05) is 19.6 Å². The zero-order valence-electron chi connectivity index (χ0n) is 34.1. The molecule has 6 nitrogen and oxygen atoms in total. The SMILES string of the molecule is c1ccc(N(C(=Nc2ccc(N=C(N(c3ccccc3)c3ccccc3)N(c3ccccc3)c3ccccc3)cc2)N(c2ccccc2)c2ccccc2)c2ccccc2)cc1. The van der Waals surface area contributed by atoms with Gasteiger partial charge in [0.05, 0.1) is 11.4 Å². The maximum absolute atomic E-state index is 5.54. The van der Waals surface area contributed by atoms with Gasteiger partial charge < -0.3 is 0 Å². The maximum atomic E-state index is 5.54. The van der Waals surface area contributed by atoms with Gasteiger partial charge in [-0.3, -0.25) is 19.6 Å². The highest BCUT2D eigenvalue weighted by Crippen LogP contribution is 2.37. The average molecular weight is 801 g/mol. The lowest BCUT2D eigenvalue weighted by molar-refractivity contribution is 1.21. The van der Waals surface area contributed by atoms with E-state index in [9.17, 15) is 0 Å². The molecule has 0 saturated heterocycles. The summed E-state index contributed by atoms with van der Waals surface area (Å²) in [6.07, 6.45) is 0. The number of rotatable bonds is 10. The maximum Gasteiger partial charge on any atom is 0.220 e. The molecule has 0 amide bonds. The molecule has 0 aliphatic rings. The number of nitrogens with zero attached hydrogens (tertiary/aromatic N) is 6. The molecule has 9 rings (SSSR count). The highest BCUT2D eigenvalue weighted by molar-refractivity contribution is 6.17. The van der Waals surface area contributed by atoms with Crippen LogP contribution >= 0.6 is 0 Å². The third kappa shape index (κ3) is 8.90. The highest BCUT2D eigenvalue weighted by atomic mass is 15.4. The van der Waals surface area contributed by atoms with Crippen molar-refractivity contribution in [2.24, 2.45) is 9.98 Å². The monoisotopic (exact) mass is 800 g/mol. The van der Waals surface area contributed by atoms with E-state index in [2.05, 4.69) is 214 Å². The molecule has 9 aromatic rings. The summed E-state index contributed by atoms with van der Waals surface area (Å²) in [5.74, 6) is 1.41. The minimum atomic E-state index is 0.704. The third-order valence-corrected chi connectivity index (χ3v) is 10.2. The molecule has 0 unspecified atom stereocenters. The first-order valence-electron chi connectivity index (χ1n) is 20.7. The molecule has 6 heteroatoms. The van der Waals surface area contributed by atoms with E-state index >= 15 is 0 Å². The molecule has 9 aromatic carbocycles. The summed E-state index contributed by atoms with van der Waals surface area (Å²) in [4.78, 5) is 19.9. The van der Waals surface area contributed by atoms with E-state index in [0.717, 1.165) is 56.9 Å². The highest BCUT2D eigenvalue weighted by Gasteiger charge is 2.27. The first-order chi connectivity index (χ1) is 30.8. The van der Waals surface area contributed by atoms with E-state index in [1.807, 2.05) is 72.8 Å². The Bertz CT molecular complexity index is 2280. The second-order valence-electron chi connectivity index (χ2n) is 14.4. The Labute approximate surface area is 363 Å². The Hall–Kier alpha value is -8.48. The number of hydrogen-bond donors (Lipinski definition) is 0. The van der Waals surface area contributed by atoms with Crippen LogP contribution in [-0.2, 0) is 0 Å². The van der Waals surface area contributed by atoms with Gasteiger partial charge in [0.2, 0.25) is 11.9 Å². The summed E-state index contributed by atoms with van der Waals surface area (Å²) in [5.41, 5.74) is 9.34. The number of hydrogen-bond acceptors (Lipinski definition) is 2. The van der Waals surface area contributed by atoms with Gasteiger partial charge in [-0.15, -0.1) is 0 Å². The Morgan fingerprint density at radius 2 is 0.339 bits per heavy atom. The molecule has 0 fully saturated rings. The van der Waals surface area contributed by atoms with Crippen LogP contribution in [0, 0.1) is 0 Å². The Balaban J connectivity index is 1.24. The molecule has 0 atom stereocenters. The topological polar surface area (TPSA) is 37.7 Å². The summed E-state index contributed by atoms with van der Waals surface area (Å²) in [7, 11) is 0. The molecule has 0 aliphatic heterocycles. The van der Waals surface area contributed by atoms with Crippen molar-refractivity contribution in [2.45, 2.75) is 0 Å². The lowest BCUT2D eigenvalue weighted by Gasteiger charge is -2.35. The quantitative estimate of drug-likeness (QED) is 0.102. The van der Waals surface area contributed by atoms with Gasteiger partial charge in [0.25, 0.3) is 0 Å². The van der Waals surface area contributed by atoms with Crippen molar-refractivity contribution in [3.8, 4) is 0 Å². The van der Waals surface area contributed by atoms with Gasteiger partial charge in [0.15, 0.2) is 0 Å². The van der Waals surface area contributed by atoms with Crippen molar-refractivity contribution in [1.82, 2.24) is 0 Å². The standard InChI is InChI=1S/C56H44N6/c1-9-25-47(26-10-1)59(48-27-11-2-12-28-48)55(60(49-29-13-3-14-30-49)50-31-15-4-16-32-50)57-45-41-43-46(44-42-45)58-56(61(51-33-17-5-18-34-51)52-35-19-6-20-36-52)62(53-37-21-7-22-38-53)54-39-23-8-24-40-54/h1-44H. The van der Waals surface area contributed by atoms with Crippen molar-refractivity contribution < 1.29 is 0 Å². The van der Waals surface area contributed by atoms with Gasteiger partial charge in [0, 0.05) is 45.5 Å². The van der Waals surface area contributed by atoms with E-state index in [1.165, 1.54) is 0 Å². The summed E-state index contributed by atoms with van der Waals surface area (Å²) in [6.45, 7) is 0. The average Bonchev–Trinajstić information content (AvgIpc) is 3.35. The van der Waals surface area contributed by atoms with E-state index in [-0.39, 0.29) is 0 Å². The van der Waals surface area contributed by atoms with Crippen molar-refractivity contribution >= 4 is 68.8 Å². The fourth-order valence-electron chi connectivity index (χ4n) is 7.37. The van der Waals surface area contributed by atoms with Crippen LogP contribution in [0.1, 0.15) is 0 Å². The van der Waals surface area contributed by atoms with Crippen molar-refractivity contribution in [3.05, 3.63) is 267 Å². The van der Waals surface area contributed by atoms with Crippen LogP contribution < -0.4 is 19.6 Å². The van der Waals surface area contributed by atoms with Crippen LogP contribution in [0.5, 0.6) is 0 Å². The van der Waals surface area contributed by atoms with E-state index in [1.54, 1.807) is 0 Å². The van der Waals surface area contributed by atoms with Crippen LogP contribution in [0.4, 0.5) is 56.9 Å². The van der Waals surface area contributed by atoms with Gasteiger partial charge in [-0.1, -0.05) is 146 Å². The second kappa shape index (κ2) is 19.1. The van der Waals surface area contributed by atoms with E-state index in [0.29, 0.717) is 11.9 Å². The molecule has 0 heterocycles. The van der Waals surface area contributed by atoms with Gasteiger partial charge >= 0.3 is 0 Å². The molecule has 0 spiro atoms. The molecule has 62 heavy (non-hydrogen) atoms. The molecule has 0 radical (unpaired) electrons. The molecule has 0 N–H and O–H groups in total. The Morgan fingerprint density at radius 3 is 0.484 bits per heavy atom. The van der Waals surface area contributed by atoms with Crippen LogP contribution in [0.3, 0.4) is 0 Å². The minimum absolute atomic E-state index is 0.704. The fraction of sp³-hybridized carbons (Fsp3) is 0. The summed E-state index contributed by atoms with van der Waals surface area (Å²) < 4.78 is 0. The number of benzene rings is 9. The number of para-hydroxylation sites is 8. The summed E-state index contributed by atoms with van der Waals surface area (Å²) in [6, 6.07) is 91.3. The normalized spacial score (nSPS) is 10.6. The van der Waals surface area contributed by atoms with Gasteiger partial charge in [-0.25, -0.2) is 9.98 Å². The van der Waals surface area contributed by atoms with Crippen LogP contribution in [0.25, 0.3) is 0 Å². The number of guanidine groups is 2. The smallest absolute Gasteiger partial charge is 0.220 e. The van der Waals surface area contributed by atoms with Gasteiger partial charge in [-0.05, 0) is 121 Å². The third-order valence-electron chi connectivity index (χ3n) is 10.2. The molecule has 0 aromatic heterocycles. The van der Waals surface area contributed by atoms with E-state index < -0.39 is 0 Å². The molecular weight excluding hydrogens is 757 g/mol. The van der Waals surface area contributed by atoms with E-state index in [4.69, 9.17) is 9.98 Å². The molecule has 0 aliphatic carbocycles. The lowest BCUT2D eigenvalue weighted by Crippen LogP contribution is -2.39. The minimum Gasteiger partial charge on any atom is -0.280 e. The molecular formula is C56H44N6. The van der Waals surface area contributed by atoms with Crippen molar-refractivity contribution in [1.29, 1.82) is 0 Å². The first kappa shape index (κ1) is 39.0. The molecule has 0 bridgehead atoms. The number of aliphatic imine (C=N–C) groups is 2. The van der Waals surface area contributed by atoms with Gasteiger partial charge in [-0.2, -0.15) is 0 Å². The Morgan fingerprint density at radius 1 is 0.194 bits per heavy atom. The van der Waals surface area contributed by atoms with Crippen molar-refractivity contribution in [3.63, 3.8) is 0 Å². The van der Waals surface area contributed by atoms with Crippen LogP contribution in [0.15, 0.2) is 277 Å². The summed E-state index contributed by atoms with van der Waals surface area (Å²) >= 11 is 0. The van der Waals surface area contributed by atoms with Gasteiger partial charge in [0.1, 0.15) is 0 Å². The van der Waals surface area contributed by atoms with Crippen LogP contribution in [-0.4, -0.2) is 11.9 Å². The molecule has 298 valence electrons. The Kier molecular flexibility index (Phi) is 12.0. The zero-order chi connectivity index (χ0) is 41.8. The first-order valence-corrected chi connectivity index (χ1v) is 20.7. The summed E-state index contributed by atoms with van der Waals surface area (Å²) in [5, 5.41) is 0. The zero-order valence-corrected chi connectivity index (χ0v) is 34.1. The largest absolute Gasteiger partial charge is 0.280 e. The van der Waals surface area contributed by atoms with Crippen LogP contribution in [0.2, 0.25) is 0 Å². The molecule has 0 saturated carbocycles. The lowest BCUT2D eigenvalue weighted by atomic mass is 10.2. The predicted octanol–water partition coefficient (Wildman–Crippen LogP) is 15.0. The fourth-order valence-corrected chi connectivity index (χ4v) is 7.37. The second-order valence-corrected chi connectivity index (χ2v) is 14.4. The predicted molar refractivity (Wildman–Crippen MR) is 261 cm³/mol. The number of anilines is 8.